The van der Waals surface area contributed by atoms with E-state index in [2.05, 4.69) is 4.98 Å². The van der Waals surface area contributed by atoms with Gasteiger partial charge >= 0.3 is 7.60 Å². The molecule has 0 aliphatic heterocycles. The van der Waals surface area contributed by atoms with Crippen molar-refractivity contribution in [3.8, 4) is 11.5 Å². The van der Waals surface area contributed by atoms with Crippen molar-refractivity contribution in [1.29, 1.82) is 0 Å². The maximum Gasteiger partial charge on any atom is 0.396 e. The molecule has 0 aliphatic carbocycles. The number of hydrogen-bond donors (Lipinski definition) is 1. The molecular formula is C11H14ClN2O4PS. The second-order valence-corrected chi connectivity index (χ2v) is 7.23. The number of nitrogens with two attached hydrogens (primary N) is 1. The Balaban J connectivity index is 2.37. The predicted molar refractivity (Wildman–Crippen MR) is 79.7 cm³/mol. The highest BCUT2D eigenvalue weighted by atomic mass is 35.5. The van der Waals surface area contributed by atoms with Crippen LogP contribution < -0.4 is 11.2 Å². The molecule has 0 unspecified atom stereocenters. The van der Waals surface area contributed by atoms with Crippen molar-refractivity contribution < 1.29 is 18.0 Å². The average molecular weight is 337 g/mol. The lowest BCUT2D eigenvalue weighted by atomic mass is 10.4. The Labute approximate surface area is 125 Å². The third-order valence-corrected chi connectivity index (χ3v) is 5.36. The molecule has 2 aromatic heterocycles. The first-order chi connectivity index (χ1) is 9.50. The van der Waals surface area contributed by atoms with E-state index in [9.17, 15) is 4.57 Å². The van der Waals surface area contributed by atoms with E-state index in [-0.39, 0.29) is 18.7 Å². The monoisotopic (exact) mass is 336 g/mol. The number of hydrogen-bond acceptors (Lipinski definition) is 7. The lowest BCUT2D eigenvalue weighted by Crippen LogP contribution is -2.08. The van der Waals surface area contributed by atoms with Crippen LogP contribution in [0.2, 0.25) is 4.34 Å². The smallest absolute Gasteiger partial charge is 0.396 e. The summed E-state index contributed by atoms with van der Waals surface area (Å²) < 4.78 is 28.9. The Hall–Kier alpha value is -0.850. The second-order valence-electron chi connectivity index (χ2n) is 3.65. The van der Waals surface area contributed by atoms with E-state index in [1.54, 1.807) is 19.9 Å². The van der Waals surface area contributed by atoms with Crippen LogP contribution in [0.15, 0.2) is 16.5 Å². The topological polar surface area (TPSA) is 87.6 Å². The molecular weight excluding hydrogens is 323 g/mol. The van der Waals surface area contributed by atoms with Crippen molar-refractivity contribution in [2.45, 2.75) is 13.8 Å². The van der Waals surface area contributed by atoms with Crippen LogP contribution in [0.5, 0.6) is 0 Å². The third-order valence-electron chi connectivity index (χ3n) is 2.30. The summed E-state index contributed by atoms with van der Waals surface area (Å²) in [5.74, 6) is 0.373. The minimum atomic E-state index is -3.44. The Morgan fingerprint density at radius 1 is 1.40 bits per heavy atom. The quantitative estimate of drug-likeness (QED) is 0.812. The molecule has 0 fully saturated rings. The summed E-state index contributed by atoms with van der Waals surface area (Å²) in [5.41, 5.74) is 6.12. The Morgan fingerprint density at radius 2 is 2.05 bits per heavy atom. The van der Waals surface area contributed by atoms with Crippen molar-refractivity contribution in [2.75, 3.05) is 18.9 Å². The largest absolute Gasteiger partial charge is 0.446 e. The molecule has 2 aromatic rings. The molecule has 6 nitrogen and oxygen atoms in total. The lowest BCUT2D eigenvalue weighted by Gasteiger charge is -2.13. The predicted octanol–water partition coefficient (Wildman–Crippen LogP) is 3.53. The van der Waals surface area contributed by atoms with Crippen LogP contribution in [0.4, 0.5) is 5.13 Å². The fourth-order valence-electron chi connectivity index (χ4n) is 1.58. The van der Waals surface area contributed by atoms with Gasteiger partial charge in [-0.2, -0.15) is 0 Å². The molecule has 0 saturated heterocycles. The summed E-state index contributed by atoms with van der Waals surface area (Å²) in [7, 11) is -3.44. The molecule has 0 radical (unpaired) electrons. The van der Waals surface area contributed by atoms with Gasteiger partial charge in [-0.25, -0.2) is 4.98 Å². The molecule has 20 heavy (non-hydrogen) atoms. The first-order valence-electron chi connectivity index (χ1n) is 5.91. The van der Waals surface area contributed by atoms with Crippen molar-refractivity contribution in [1.82, 2.24) is 4.98 Å². The standard InChI is InChI=1S/C11H14ClN2O4PS/c1-3-16-19(15,17-4-2)8-6-5-7(18-8)9-10(12)20-11(13)14-9/h5-6H,3-4H2,1-2H3,(H2,13,14). The number of anilines is 1. The summed E-state index contributed by atoms with van der Waals surface area (Å²) in [4.78, 5) is 4.07. The Kier molecular flexibility index (Phi) is 4.88. The minimum Gasteiger partial charge on any atom is -0.446 e. The zero-order valence-corrected chi connectivity index (χ0v) is 13.4. The minimum absolute atomic E-state index is 0.124. The Morgan fingerprint density at radius 3 is 2.55 bits per heavy atom. The van der Waals surface area contributed by atoms with Gasteiger partial charge in [0.05, 0.1) is 13.2 Å². The van der Waals surface area contributed by atoms with Crippen LogP contribution in [-0.2, 0) is 13.6 Å². The van der Waals surface area contributed by atoms with Crippen molar-refractivity contribution in [3.05, 3.63) is 16.5 Å². The highest BCUT2D eigenvalue weighted by Gasteiger charge is 2.31. The summed E-state index contributed by atoms with van der Waals surface area (Å²) in [6.45, 7) is 3.95. The molecule has 0 aliphatic rings. The van der Waals surface area contributed by atoms with Crippen LogP contribution in [0.3, 0.4) is 0 Å². The molecule has 2 N–H and O–H groups in total. The summed E-state index contributed by atoms with van der Waals surface area (Å²) in [5, 5.41) is 0.334. The van der Waals surface area contributed by atoms with Crippen LogP contribution in [-0.4, -0.2) is 18.2 Å². The first kappa shape index (κ1) is 15.5. The summed E-state index contributed by atoms with van der Waals surface area (Å²) in [6, 6.07) is 3.15. The van der Waals surface area contributed by atoms with Gasteiger partial charge in [0, 0.05) is 0 Å². The number of rotatable bonds is 6. The number of thiazole rings is 1. The van der Waals surface area contributed by atoms with E-state index in [1.165, 1.54) is 6.07 Å². The molecule has 110 valence electrons. The maximum atomic E-state index is 12.5. The molecule has 0 saturated carbocycles. The average Bonchev–Trinajstić information content (AvgIpc) is 2.96. The van der Waals surface area contributed by atoms with E-state index >= 15 is 0 Å². The second kappa shape index (κ2) is 6.28. The summed E-state index contributed by atoms with van der Waals surface area (Å²) >= 11 is 7.15. The molecule has 2 heterocycles. The SMILES string of the molecule is CCOP(=O)(OCC)c1ccc(-c2nc(N)sc2Cl)o1. The van der Waals surface area contributed by atoms with Crippen LogP contribution in [0.25, 0.3) is 11.5 Å². The number of nitrogen functional groups attached to an aromatic ring is 1. The summed E-state index contributed by atoms with van der Waals surface area (Å²) in [6.07, 6.45) is 0. The fraction of sp³-hybridized carbons (Fsp3) is 0.364. The van der Waals surface area contributed by atoms with Gasteiger partial charge in [-0.3, -0.25) is 4.57 Å². The number of nitrogens with zero attached hydrogens (tertiary/aromatic N) is 1. The zero-order valence-electron chi connectivity index (χ0n) is 11.0. The van der Waals surface area contributed by atoms with Gasteiger partial charge in [0.15, 0.2) is 10.9 Å². The van der Waals surface area contributed by atoms with Crippen LogP contribution in [0, 0.1) is 0 Å². The van der Waals surface area contributed by atoms with Gasteiger partial charge in [-0.05, 0) is 26.0 Å². The number of aromatic nitrogens is 1. The third kappa shape index (κ3) is 3.07. The molecule has 0 bridgehead atoms. The van der Waals surface area contributed by atoms with Gasteiger partial charge in [-0.15, -0.1) is 0 Å². The van der Waals surface area contributed by atoms with Gasteiger partial charge < -0.3 is 19.2 Å². The van der Waals surface area contributed by atoms with E-state index in [4.69, 9.17) is 30.8 Å². The highest BCUT2D eigenvalue weighted by molar-refractivity contribution is 7.61. The Bertz CT molecular complexity index is 632. The molecule has 0 spiro atoms. The van der Waals surface area contributed by atoms with Crippen molar-refractivity contribution >= 4 is 41.2 Å². The number of furan rings is 1. The molecule has 0 aromatic carbocycles. The lowest BCUT2D eigenvalue weighted by molar-refractivity contribution is 0.225. The first-order valence-corrected chi connectivity index (χ1v) is 8.65. The highest BCUT2D eigenvalue weighted by Crippen LogP contribution is 2.48. The molecule has 0 atom stereocenters. The van der Waals surface area contributed by atoms with Gasteiger partial charge in [0.25, 0.3) is 0 Å². The molecule has 0 amide bonds. The van der Waals surface area contributed by atoms with Crippen LogP contribution >= 0.6 is 30.5 Å². The van der Waals surface area contributed by atoms with Gasteiger partial charge in [0.2, 0.25) is 5.50 Å². The number of halogens is 1. The molecule has 2 rings (SSSR count). The van der Waals surface area contributed by atoms with Crippen LogP contribution in [0.1, 0.15) is 13.8 Å². The van der Waals surface area contributed by atoms with E-state index < -0.39 is 7.60 Å². The van der Waals surface area contributed by atoms with E-state index in [0.717, 1.165) is 11.3 Å². The fourth-order valence-corrected chi connectivity index (χ4v) is 3.99. The van der Waals surface area contributed by atoms with Crippen molar-refractivity contribution in [3.63, 3.8) is 0 Å². The normalized spacial score (nSPS) is 11.9. The van der Waals surface area contributed by atoms with E-state index in [0.29, 0.717) is 20.9 Å². The van der Waals surface area contributed by atoms with E-state index in [1.807, 2.05) is 0 Å². The zero-order chi connectivity index (χ0) is 14.8. The molecule has 9 heteroatoms. The van der Waals surface area contributed by atoms with Gasteiger partial charge in [0.1, 0.15) is 10.0 Å². The maximum absolute atomic E-state index is 12.5. The van der Waals surface area contributed by atoms with Crippen molar-refractivity contribution in [2.24, 2.45) is 0 Å². The van der Waals surface area contributed by atoms with Gasteiger partial charge in [-0.1, -0.05) is 22.9 Å².